The van der Waals surface area contributed by atoms with Crippen molar-refractivity contribution < 1.29 is 0 Å². The highest BCUT2D eigenvalue weighted by atomic mass is 15.3. The SMILES string of the molecule is CCN1CCN(c2ccc(NC(N)=NC)nc2)CC1. The number of anilines is 2. The van der Waals surface area contributed by atoms with Gasteiger partial charge in [0.25, 0.3) is 0 Å². The van der Waals surface area contributed by atoms with Crippen LogP contribution in [0.15, 0.2) is 23.3 Å². The van der Waals surface area contributed by atoms with Crippen LogP contribution in [0.25, 0.3) is 0 Å². The molecule has 6 heteroatoms. The third-order valence-corrected chi connectivity index (χ3v) is 3.43. The fourth-order valence-corrected chi connectivity index (χ4v) is 2.16. The summed E-state index contributed by atoms with van der Waals surface area (Å²) >= 11 is 0. The third kappa shape index (κ3) is 3.57. The summed E-state index contributed by atoms with van der Waals surface area (Å²) in [6.45, 7) is 7.68. The van der Waals surface area contributed by atoms with Gasteiger partial charge in [0, 0.05) is 33.2 Å². The Hall–Kier alpha value is -1.82. The van der Waals surface area contributed by atoms with Crippen LogP contribution in [-0.4, -0.2) is 55.6 Å². The molecular formula is C13H22N6. The van der Waals surface area contributed by atoms with Crippen molar-refractivity contribution >= 4 is 17.5 Å². The zero-order valence-corrected chi connectivity index (χ0v) is 11.6. The van der Waals surface area contributed by atoms with Gasteiger partial charge in [0.1, 0.15) is 5.82 Å². The second-order valence-electron chi connectivity index (χ2n) is 4.56. The number of aromatic nitrogens is 1. The molecule has 3 N–H and O–H groups in total. The molecule has 1 aliphatic heterocycles. The topological polar surface area (TPSA) is 69.8 Å². The molecule has 0 bridgehead atoms. The van der Waals surface area contributed by atoms with Crippen molar-refractivity contribution in [2.45, 2.75) is 6.92 Å². The molecule has 0 unspecified atom stereocenters. The summed E-state index contributed by atoms with van der Waals surface area (Å²) in [5, 5.41) is 2.93. The van der Waals surface area contributed by atoms with Gasteiger partial charge in [-0.05, 0) is 18.7 Å². The number of hydrogen-bond donors (Lipinski definition) is 2. The third-order valence-electron chi connectivity index (χ3n) is 3.43. The average Bonchev–Trinajstić information content (AvgIpc) is 2.48. The highest BCUT2D eigenvalue weighted by Gasteiger charge is 2.15. The van der Waals surface area contributed by atoms with E-state index < -0.39 is 0 Å². The number of hydrogen-bond acceptors (Lipinski definition) is 4. The number of rotatable bonds is 3. The number of aliphatic imine (C=N–C) groups is 1. The van der Waals surface area contributed by atoms with Crippen LogP contribution in [-0.2, 0) is 0 Å². The van der Waals surface area contributed by atoms with Crippen LogP contribution in [0.3, 0.4) is 0 Å². The molecule has 0 aliphatic carbocycles. The van der Waals surface area contributed by atoms with Gasteiger partial charge in [-0.2, -0.15) is 0 Å². The fraction of sp³-hybridized carbons (Fsp3) is 0.538. The van der Waals surface area contributed by atoms with Gasteiger partial charge in [0.05, 0.1) is 11.9 Å². The van der Waals surface area contributed by atoms with Gasteiger partial charge in [-0.15, -0.1) is 0 Å². The number of nitrogens with one attached hydrogen (secondary N) is 1. The molecule has 0 saturated carbocycles. The summed E-state index contributed by atoms with van der Waals surface area (Å²) in [6, 6.07) is 4.00. The minimum atomic E-state index is 0.372. The molecule has 0 radical (unpaired) electrons. The number of likely N-dealkylation sites (N-methyl/N-ethyl adjacent to an activating group) is 1. The maximum absolute atomic E-state index is 5.60. The fourth-order valence-electron chi connectivity index (χ4n) is 2.16. The van der Waals surface area contributed by atoms with Crippen LogP contribution >= 0.6 is 0 Å². The quantitative estimate of drug-likeness (QED) is 0.616. The van der Waals surface area contributed by atoms with Crippen molar-refractivity contribution in [3.05, 3.63) is 18.3 Å². The van der Waals surface area contributed by atoms with Crippen molar-refractivity contribution in [1.29, 1.82) is 0 Å². The second-order valence-corrected chi connectivity index (χ2v) is 4.56. The lowest BCUT2D eigenvalue weighted by Crippen LogP contribution is -2.46. The normalized spacial score (nSPS) is 17.6. The zero-order chi connectivity index (χ0) is 13.7. The molecule has 2 heterocycles. The molecule has 0 aromatic carbocycles. The minimum Gasteiger partial charge on any atom is -0.370 e. The van der Waals surface area contributed by atoms with E-state index in [2.05, 4.69) is 38.1 Å². The van der Waals surface area contributed by atoms with Crippen LogP contribution in [0.4, 0.5) is 11.5 Å². The zero-order valence-electron chi connectivity index (χ0n) is 11.6. The van der Waals surface area contributed by atoms with E-state index in [4.69, 9.17) is 5.73 Å². The molecule has 1 aliphatic rings. The van der Waals surface area contributed by atoms with Gasteiger partial charge < -0.3 is 20.9 Å². The van der Waals surface area contributed by atoms with Crippen LogP contribution in [0.1, 0.15) is 6.92 Å². The largest absolute Gasteiger partial charge is 0.370 e. The van der Waals surface area contributed by atoms with Gasteiger partial charge in [-0.1, -0.05) is 6.92 Å². The van der Waals surface area contributed by atoms with Gasteiger partial charge >= 0.3 is 0 Å². The van der Waals surface area contributed by atoms with E-state index in [1.807, 2.05) is 12.3 Å². The Labute approximate surface area is 114 Å². The van der Waals surface area contributed by atoms with E-state index in [1.54, 1.807) is 7.05 Å². The minimum absolute atomic E-state index is 0.372. The van der Waals surface area contributed by atoms with Crippen LogP contribution in [0.5, 0.6) is 0 Å². The van der Waals surface area contributed by atoms with Gasteiger partial charge in [-0.3, -0.25) is 4.99 Å². The molecule has 104 valence electrons. The lowest BCUT2D eigenvalue weighted by atomic mass is 10.2. The molecule has 1 fully saturated rings. The van der Waals surface area contributed by atoms with E-state index in [9.17, 15) is 0 Å². The summed E-state index contributed by atoms with van der Waals surface area (Å²) in [4.78, 5) is 13.0. The highest BCUT2D eigenvalue weighted by molar-refractivity contribution is 5.91. The maximum atomic E-state index is 5.60. The second kappa shape index (κ2) is 6.38. The Morgan fingerprint density at radius 3 is 2.63 bits per heavy atom. The summed E-state index contributed by atoms with van der Waals surface area (Å²) in [7, 11) is 1.64. The van der Waals surface area contributed by atoms with E-state index in [0.29, 0.717) is 5.96 Å². The Morgan fingerprint density at radius 2 is 2.11 bits per heavy atom. The lowest BCUT2D eigenvalue weighted by molar-refractivity contribution is 0.271. The molecule has 0 amide bonds. The summed E-state index contributed by atoms with van der Waals surface area (Å²) in [6.07, 6.45) is 1.88. The summed E-state index contributed by atoms with van der Waals surface area (Å²) in [5.74, 6) is 1.09. The van der Waals surface area contributed by atoms with Crippen molar-refractivity contribution in [2.24, 2.45) is 10.7 Å². The predicted octanol–water partition coefficient (Wildman–Crippen LogP) is 0.580. The monoisotopic (exact) mass is 262 g/mol. The smallest absolute Gasteiger partial charge is 0.194 e. The first kappa shape index (κ1) is 13.6. The van der Waals surface area contributed by atoms with Gasteiger partial charge in [0.2, 0.25) is 0 Å². The van der Waals surface area contributed by atoms with E-state index in [1.165, 1.54) is 0 Å². The van der Waals surface area contributed by atoms with Crippen molar-refractivity contribution in [3.8, 4) is 0 Å². The Morgan fingerprint density at radius 1 is 1.37 bits per heavy atom. The molecule has 1 aromatic rings. The lowest BCUT2D eigenvalue weighted by Gasteiger charge is -2.35. The standard InChI is InChI=1S/C13H22N6/c1-3-18-6-8-19(9-7-18)11-4-5-12(16-10-11)17-13(14)15-2/h4-5,10H,3,6-9H2,1-2H3,(H3,14,15,16,17). The van der Waals surface area contributed by atoms with E-state index in [-0.39, 0.29) is 0 Å². The van der Waals surface area contributed by atoms with Crippen molar-refractivity contribution in [1.82, 2.24) is 9.88 Å². The number of nitrogens with zero attached hydrogens (tertiary/aromatic N) is 4. The summed E-state index contributed by atoms with van der Waals surface area (Å²) in [5.41, 5.74) is 6.76. The van der Waals surface area contributed by atoms with E-state index >= 15 is 0 Å². The van der Waals surface area contributed by atoms with Gasteiger partial charge in [0.15, 0.2) is 5.96 Å². The van der Waals surface area contributed by atoms with Crippen molar-refractivity contribution in [3.63, 3.8) is 0 Å². The average molecular weight is 262 g/mol. The molecule has 6 nitrogen and oxygen atoms in total. The van der Waals surface area contributed by atoms with E-state index in [0.717, 1.165) is 44.2 Å². The molecule has 2 rings (SSSR count). The maximum Gasteiger partial charge on any atom is 0.194 e. The number of nitrogens with two attached hydrogens (primary N) is 1. The van der Waals surface area contributed by atoms with Crippen LogP contribution < -0.4 is 16.0 Å². The number of piperazine rings is 1. The Kier molecular flexibility index (Phi) is 4.57. The van der Waals surface area contributed by atoms with Crippen LogP contribution in [0.2, 0.25) is 0 Å². The number of pyridine rings is 1. The first-order chi connectivity index (χ1) is 9.22. The molecule has 19 heavy (non-hydrogen) atoms. The Balaban J connectivity index is 1.95. The first-order valence-electron chi connectivity index (χ1n) is 6.65. The Bertz CT molecular complexity index is 419. The molecule has 1 aromatic heterocycles. The van der Waals surface area contributed by atoms with Gasteiger partial charge in [-0.25, -0.2) is 4.98 Å². The van der Waals surface area contributed by atoms with Crippen LogP contribution in [0, 0.1) is 0 Å². The highest BCUT2D eigenvalue weighted by Crippen LogP contribution is 2.16. The molecule has 0 spiro atoms. The van der Waals surface area contributed by atoms with Crippen molar-refractivity contribution in [2.75, 3.05) is 50.0 Å². The first-order valence-corrected chi connectivity index (χ1v) is 6.65. The predicted molar refractivity (Wildman–Crippen MR) is 79.7 cm³/mol. The summed E-state index contributed by atoms with van der Waals surface area (Å²) < 4.78 is 0. The molecule has 0 atom stereocenters. The molecular weight excluding hydrogens is 240 g/mol. The molecule has 1 saturated heterocycles. The number of guanidine groups is 1.